The highest BCUT2D eigenvalue weighted by molar-refractivity contribution is 7.90. The number of aryl methyl sites for hydroxylation is 1. The summed E-state index contributed by atoms with van der Waals surface area (Å²) in [6.07, 6.45) is 1.12. The van der Waals surface area contributed by atoms with E-state index >= 15 is 0 Å². The lowest BCUT2D eigenvalue weighted by Gasteiger charge is -2.13. The van der Waals surface area contributed by atoms with Crippen LogP contribution in [0.1, 0.15) is 15.9 Å². The van der Waals surface area contributed by atoms with E-state index in [4.69, 9.17) is 0 Å². The first kappa shape index (κ1) is 22.5. The Bertz CT molecular complexity index is 1300. The molecule has 0 heterocycles. The van der Waals surface area contributed by atoms with Crippen molar-refractivity contribution in [2.24, 2.45) is 0 Å². The molecular formula is C21H21N3O5S2. The molecule has 0 aliphatic carbocycles. The molecule has 1 amide bonds. The fourth-order valence-corrected chi connectivity index (χ4v) is 4.16. The highest BCUT2D eigenvalue weighted by Gasteiger charge is 2.17. The maximum absolute atomic E-state index is 12.6. The van der Waals surface area contributed by atoms with E-state index in [1.807, 2.05) is 6.92 Å². The second-order valence-corrected chi connectivity index (χ2v) is 10.5. The van der Waals surface area contributed by atoms with Gasteiger partial charge in [-0.25, -0.2) is 16.8 Å². The van der Waals surface area contributed by atoms with Crippen LogP contribution in [0.2, 0.25) is 0 Å². The molecule has 31 heavy (non-hydrogen) atoms. The smallest absolute Gasteiger partial charge is 0.268 e. The third-order valence-corrected chi connectivity index (χ3v) is 6.76. The molecular weight excluding hydrogens is 438 g/mol. The number of hydrazine groups is 1. The average Bonchev–Trinajstić information content (AvgIpc) is 2.72. The van der Waals surface area contributed by atoms with Gasteiger partial charge >= 0.3 is 0 Å². The number of hydrogen-bond donors (Lipinski definition) is 3. The summed E-state index contributed by atoms with van der Waals surface area (Å²) < 4.78 is 47.9. The van der Waals surface area contributed by atoms with Crippen molar-refractivity contribution in [3.05, 3.63) is 83.9 Å². The molecule has 3 N–H and O–H groups in total. The standard InChI is InChI=1S/C21H21N3O5S2/c1-15-7-11-18(12-8-15)31(28,29)24-23-21(25)19-5-3-4-6-20(19)22-16-9-13-17(14-10-16)30(2,26)27/h3-14,22,24H,1-2H3,(H,23,25). The Morgan fingerprint density at radius 3 is 1.97 bits per heavy atom. The number of sulfone groups is 1. The fourth-order valence-electron chi connectivity index (χ4n) is 2.69. The molecule has 0 saturated carbocycles. The summed E-state index contributed by atoms with van der Waals surface area (Å²) in [4.78, 5) is 14.9. The number of carbonyl (C=O) groups is 1. The number of carbonyl (C=O) groups excluding carboxylic acids is 1. The summed E-state index contributed by atoms with van der Waals surface area (Å²) in [5, 5.41) is 3.03. The van der Waals surface area contributed by atoms with Gasteiger partial charge in [0.15, 0.2) is 9.84 Å². The predicted molar refractivity (Wildman–Crippen MR) is 118 cm³/mol. The Balaban J connectivity index is 1.75. The predicted octanol–water partition coefficient (Wildman–Crippen LogP) is 2.77. The Labute approximate surface area is 181 Å². The summed E-state index contributed by atoms with van der Waals surface area (Å²) in [6.45, 7) is 1.84. The van der Waals surface area contributed by atoms with Gasteiger partial charge in [-0.1, -0.05) is 29.8 Å². The van der Waals surface area contributed by atoms with E-state index < -0.39 is 25.8 Å². The minimum absolute atomic E-state index is 0.0239. The molecule has 0 atom stereocenters. The summed E-state index contributed by atoms with van der Waals surface area (Å²) in [5.41, 5.74) is 4.30. The first-order valence-electron chi connectivity index (χ1n) is 9.11. The van der Waals surface area contributed by atoms with Crippen LogP contribution >= 0.6 is 0 Å². The molecule has 0 aromatic heterocycles. The van der Waals surface area contributed by atoms with Crippen molar-refractivity contribution in [2.75, 3.05) is 11.6 Å². The summed E-state index contributed by atoms with van der Waals surface area (Å²) in [7, 11) is -7.25. The second kappa shape index (κ2) is 8.88. The molecule has 3 rings (SSSR count). The van der Waals surface area contributed by atoms with Gasteiger partial charge in [-0.05, 0) is 55.5 Å². The average molecular weight is 460 g/mol. The van der Waals surface area contributed by atoms with Gasteiger partial charge in [0.25, 0.3) is 15.9 Å². The lowest BCUT2D eigenvalue weighted by molar-refractivity contribution is 0.0946. The monoisotopic (exact) mass is 459 g/mol. The second-order valence-electron chi connectivity index (χ2n) is 6.84. The van der Waals surface area contributed by atoms with Crippen LogP contribution in [0.25, 0.3) is 0 Å². The topological polar surface area (TPSA) is 121 Å². The highest BCUT2D eigenvalue weighted by atomic mass is 32.2. The van der Waals surface area contributed by atoms with E-state index in [2.05, 4.69) is 15.6 Å². The van der Waals surface area contributed by atoms with Crippen LogP contribution in [0.5, 0.6) is 0 Å². The number of anilines is 2. The van der Waals surface area contributed by atoms with Gasteiger partial charge in [0.05, 0.1) is 21.0 Å². The van der Waals surface area contributed by atoms with Gasteiger partial charge < -0.3 is 5.32 Å². The fraction of sp³-hybridized carbons (Fsp3) is 0.0952. The van der Waals surface area contributed by atoms with E-state index in [1.54, 1.807) is 42.5 Å². The molecule has 0 radical (unpaired) electrons. The number of hydrogen-bond acceptors (Lipinski definition) is 6. The van der Waals surface area contributed by atoms with Crippen molar-refractivity contribution in [2.45, 2.75) is 16.7 Å². The van der Waals surface area contributed by atoms with E-state index in [0.717, 1.165) is 11.8 Å². The molecule has 0 unspecified atom stereocenters. The first-order valence-corrected chi connectivity index (χ1v) is 12.5. The quantitative estimate of drug-likeness (QED) is 0.467. The molecule has 0 fully saturated rings. The van der Waals surface area contributed by atoms with Crippen molar-refractivity contribution >= 4 is 37.1 Å². The zero-order valence-electron chi connectivity index (χ0n) is 16.8. The van der Waals surface area contributed by atoms with Crippen LogP contribution in [-0.2, 0) is 19.9 Å². The molecule has 0 aliphatic rings. The van der Waals surface area contributed by atoms with Crippen molar-refractivity contribution < 1.29 is 21.6 Å². The normalized spacial score (nSPS) is 11.7. The number of nitrogens with one attached hydrogen (secondary N) is 3. The number of para-hydroxylation sites is 1. The van der Waals surface area contributed by atoms with Gasteiger partial charge in [-0.3, -0.25) is 10.2 Å². The van der Waals surface area contributed by atoms with Crippen LogP contribution < -0.4 is 15.6 Å². The zero-order chi connectivity index (χ0) is 22.6. The van der Waals surface area contributed by atoms with Crippen molar-refractivity contribution in [3.63, 3.8) is 0 Å². The van der Waals surface area contributed by atoms with Crippen LogP contribution in [0, 0.1) is 6.92 Å². The zero-order valence-corrected chi connectivity index (χ0v) is 18.4. The van der Waals surface area contributed by atoms with Crippen LogP contribution in [0.15, 0.2) is 82.6 Å². The lowest BCUT2D eigenvalue weighted by Crippen LogP contribution is -2.41. The Hall–Kier alpha value is -3.21. The van der Waals surface area contributed by atoms with Crippen molar-refractivity contribution in [3.8, 4) is 0 Å². The van der Waals surface area contributed by atoms with E-state index in [9.17, 15) is 21.6 Å². The van der Waals surface area contributed by atoms with Crippen LogP contribution in [0.3, 0.4) is 0 Å². The Morgan fingerprint density at radius 1 is 0.774 bits per heavy atom. The Morgan fingerprint density at radius 2 is 1.35 bits per heavy atom. The summed E-state index contributed by atoms with van der Waals surface area (Å²) >= 11 is 0. The van der Waals surface area contributed by atoms with E-state index in [0.29, 0.717) is 11.4 Å². The van der Waals surface area contributed by atoms with Gasteiger partial charge in [0.1, 0.15) is 0 Å². The molecule has 0 spiro atoms. The maximum Gasteiger partial charge on any atom is 0.268 e. The van der Waals surface area contributed by atoms with Crippen LogP contribution in [-0.4, -0.2) is 29.0 Å². The summed E-state index contributed by atoms with van der Waals surface area (Å²) in [5.74, 6) is -0.661. The molecule has 162 valence electrons. The molecule has 3 aromatic carbocycles. The summed E-state index contributed by atoms with van der Waals surface area (Å²) in [6, 6.07) is 18.8. The molecule has 3 aromatic rings. The number of amides is 1. The first-order chi connectivity index (χ1) is 14.6. The third-order valence-electron chi connectivity index (χ3n) is 4.36. The highest BCUT2D eigenvalue weighted by Crippen LogP contribution is 2.22. The van der Waals surface area contributed by atoms with Gasteiger partial charge in [0.2, 0.25) is 0 Å². The minimum Gasteiger partial charge on any atom is -0.355 e. The Kier molecular flexibility index (Phi) is 6.44. The molecule has 10 heteroatoms. The van der Waals surface area contributed by atoms with Gasteiger partial charge in [-0.2, -0.15) is 0 Å². The van der Waals surface area contributed by atoms with Crippen molar-refractivity contribution in [1.29, 1.82) is 0 Å². The molecule has 0 aliphatic heterocycles. The van der Waals surface area contributed by atoms with Crippen molar-refractivity contribution in [1.82, 2.24) is 10.3 Å². The lowest BCUT2D eigenvalue weighted by atomic mass is 10.1. The van der Waals surface area contributed by atoms with Gasteiger partial charge in [-0.15, -0.1) is 4.83 Å². The van der Waals surface area contributed by atoms with Gasteiger partial charge in [0, 0.05) is 11.9 Å². The number of sulfonamides is 1. The molecule has 0 bridgehead atoms. The number of rotatable bonds is 7. The van der Waals surface area contributed by atoms with E-state index in [1.165, 1.54) is 30.3 Å². The SMILES string of the molecule is Cc1ccc(S(=O)(=O)NNC(=O)c2ccccc2Nc2ccc(S(C)(=O)=O)cc2)cc1. The molecule has 0 saturated heterocycles. The minimum atomic E-state index is -3.93. The van der Waals surface area contributed by atoms with E-state index in [-0.39, 0.29) is 15.4 Å². The number of benzene rings is 3. The maximum atomic E-state index is 12.6. The largest absolute Gasteiger partial charge is 0.355 e. The molecule has 8 nitrogen and oxygen atoms in total. The third kappa shape index (κ3) is 5.69. The van der Waals surface area contributed by atoms with Crippen LogP contribution in [0.4, 0.5) is 11.4 Å².